The third kappa shape index (κ3) is 3.05. The molecule has 1 heterocycles. The normalized spacial score (nSPS) is 29.3. The molecule has 0 bridgehead atoms. The van der Waals surface area contributed by atoms with Gasteiger partial charge in [-0.2, -0.15) is 30.6 Å². The highest BCUT2D eigenvalue weighted by molar-refractivity contribution is 7.75. The molecule has 1 fully saturated rings. The fourth-order valence-electron chi connectivity index (χ4n) is 1.50. The molecule has 1 aliphatic heterocycles. The minimum atomic E-state index is -5.74. The maximum Gasteiger partial charge on any atom is 0.428 e. The van der Waals surface area contributed by atoms with Crippen LogP contribution in [-0.2, 0) is 19.7 Å². The van der Waals surface area contributed by atoms with Crippen molar-refractivity contribution < 1.29 is 38.9 Å². The van der Waals surface area contributed by atoms with Crippen molar-refractivity contribution in [1.29, 1.82) is 0 Å². The molecular weight excluding hydrogens is 302 g/mol. The van der Waals surface area contributed by atoms with Crippen LogP contribution in [-0.4, -0.2) is 28.3 Å². The maximum atomic E-state index is 12.8. The van der Waals surface area contributed by atoms with Crippen LogP contribution in [0.3, 0.4) is 0 Å². The van der Waals surface area contributed by atoms with Crippen molar-refractivity contribution in [3.63, 3.8) is 0 Å². The van der Waals surface area contributed by atoms with Gasteiger partial charge >= 0.3 is 23.7 Å². The SMILES string of the molecule is CC(C)(C)[C@@H]1CC(C(F)(F)F)(C(F)(F)F)O[S@@](=O)O1. The summed E-state index contributed by atoms with van der Waals surface area (Å²) < 4.78 is 96.0. The number of alkyl halides is 6. The van der Waals surface area contributed by atoms with Gasteiger partial charge in [-0.05, 0) is 5.41 Å². The van der Waals surface area contributed by atoms with Crippen LogP contribution in [0.25, 0.3) is 0 Å². The summed E-state index contributed by atoms with van der Waals surface area (Å²) in [7, 11) is 0. The van der Waals surface area contributed by atoms with Gasteiger partial charge in [-0.3, -0.25) is 4.18 Å². The second-order valence-electron chi connectivity index (χ2n) is 5.27. The molecule has 2 atom stereocenters. The lowest BCUT2D eigenvalue weighted by molar-refractivity contribution is -0.370. The first-order valence-electron chi connectivity index (χ1n) is 5.12. The summed E-state index contributed by atoms with van der Waals surface area (Å²) in [5.74, 6) is 0. The number of hydrogen-bond donors (Lipinski definition) is 0. The highest BCUT2D eigenvalue weighted by atomic mass is 32.2. The first kappa shape index (κ1) is 16.7. The van der Waals surface area contributed by atoms with Crippen molar-refractivity contribution in [1.82, 2.24) is 0 Å². The average Bonchev–Trinajstić information content (AvgIpc) is 2.11. The molecule has 3 nitrogen and oxygen atoms in total. The highest BCUT2D eigenvalue weighted by Gasteiger charge is 2.76. The minimum Gasteiger partial charge on any atom is -0.264 e. The van der Waals surface area contributed by atoms with E-state index in [-0.39, 0.29) is 0 Å². The molecule has 1 rings (SSSR count). The van der Waals surface area contributed by atoms with Gasteiger partial charge in [-0.1, -0.05) is 20.8 Å². The molecule has 0 aliphatic carbocycles. The van der Waals surface area contributed by atoms with Crippen molar-refractivity contribution in [2.45, 2.75) is 51.2 Å². The van der Waals surface area contributed by atoms with Crippen LogP contribution >= 0.6 is 0 Å². The van der Waals surface area contributed by atoms with Gasteiger partial charge in [0.2, 0.25) is 0 Å². The smallest absolute Gasteiger partial charge is 0.264 e. The molecule has 0 unspecified atom stereocenters. The van der Waals surface area contributed by atoms with Crippen LogP contribution in [0.15, 0.2) is 0 Å². The van der Waals surface area contributed by atoms with Gasteiger partial charge in [-0.25, -0.2) is 4.18 Å². The molecule has 0 aromatic heterocycles. The Labute approximate surface area is 108 Å². The Balaban J connectivity index is 3.29. The van der Waals surface area contributed by atoms with Crippen LogP contribution in [0, 0.1) is 5.41 Å². The van der Waals surface area contributed by atoms with Crippen LogP contribution in [0.4, 0.5) is 26.3 Å². The van der Waals surface area contributed by atoms with Crippen LogP contribution in [0.2, 0.25) is 0 Å². The Hall–Kier alpha value is -0.350. The van der Waals surface area contributed by atoms with E-state index in [1.807, 2.05) is 0 Å². The predicted molar refractivity (Wildman–Crippen MR) is 53.0 cm³/mol. The summed E-state index contributed by atoms with van der Waals surface area (Å²) in [5, 5.41) is 0. The largest absolute Gasteiger partial charge is 0.428 e. The molecule has 0 saturated carbocycles. The first-order valence-corrected chi connectivity index (χ1v) is 6.12. The van der Waals surface area contributed by atoms with Crippen molar-refractivity contribution in [2.24, 2.45) is 5.41 Å². The molecule has 1 aliphatic rings. The van der Waals surface area contributed by atoms with Crippen LogP contribution in [0.1, 0.15) is 27.2 Å². The van der Waals surface area contributed by atoms with E-state index in [1.165, 1.54) is 20.8 Å². The topological polar surface area (TPSA) is 35.5 Å². The van der Waals surface area contributed by atoms with E-state index in [1.54, 1.807) is 0 Å². The summed E-state index contributed by atoms with van der Waals surface area (Å²) in [5.41, 5.74) is -5.53. The minimum absolute atomic E-state index is 1.05. The van der Waals surface area contributed by atoms with Gasteiger partial charge in [0, 0.05) is 6.42 Å². The maximum absolute atomic E-state index is 12.8. The number of halogens is 6. The van der Waals surface area contributed by atoms with E-state index >= 15 is 0 Å². The lowest BCUT2D eigenvalue weighted by Gasteiger charge is -2.44. The van der Waals surface area contributed by atoms with Gasteiger partial charge in [0.15, 0.2) is 0 Å². The molecule has 0 aromatic rings. The van der Waals surface area contributed by atoms with Crippen molar-refractivity contribution in [2.75, 3.05) is 0 Å². The third-order valence-electron chi connectivity index (χ3n) is 2.76. The Bertz CT molecular complexity index is 356. The Kier molecular flexibility index (Phi) is 4.04. The van der Waals surface area contributed by atoms with Crippen molar-refractivity contribution in [3.05, 3.63) is 0 Å². The van der Waals surface area contributed by atoms with E-state index < -0.39 is 47.3 Å². The van der Waals surface area contributed by atoms with Crippen molar-refractivity contribution in [3.8, 4) is 0 Å². The van der Waals surface area contributed by atoms with E-state index in [9.17, 15) is 30.6 Å². The molecule has 1 saturated heterocycles. The lowest BCUT2D eigenvalue weighted by atomic mass is 9.81. The lowest BCUT2D eigenvalue weighted by Crippen LogP contribution is -2.64. The Morgan fingerprint density at radius 2 is 1.47 bits per heavy atom. The Morgan fingerprint density at radius 1 is 1.05 bits per heavy atom. The molecule has 10 heteroatoms. The zero-order valence-electron chi connectivity index (χ0n) is 10.2. The van der Waals surface area contributed by atoms with Gasteiger partial charge in [0.1, 0.15) is 0 Å². The summed E-state index contributed by atoms with van der Waals surface area (Å²) >= 11 is -3.12. The quantitative estimate of drug-likeness (QED) is 0.644. The highest BCUT2D eigenvalue weighted by Crippen LogP contribution is 2.53. The molecule has 114 valence electrons. The van der Waals surface area contributed by atoms with E-state index in [2.05, 4.69) is 8.37 Å². The average molecular weight is 314 g/mol. The fraction of sp³-hybridized carbons (Fsp3) is 1.00. The Morgan fingerprint density at radius 3 is 1.79 bits per heavy atom. The van der Waals surface area contributed by atoms with Crippen LogP contribution in [0.5, 0.6) is 0 Å². The third-order valence-corrected chi connectivity index (χ3v) is 3.57. The zero-order chi connectivity index (χ0) is 15.3. The first-order chi connectivity index (χ1) is 8.21. The second kappa shape index (κ2) is 4.59. The van der Waals surface area contributed by atoms with Gasteiger partial charge < -0.3 is 0 Å². The summed E-state index contributed by atoms with van der Waals surface area (Å²) in [4.78, 5) is 0. The van der Waals surface area contributed by atoms with Crippen molar-refractivity contribution >= 4 is 11.4 Å². The van der Waals surface area contributed by atoms with E-state index in [0.717, 1.165) is 0 Å². The van der Waals surface area contributed by atoms with Crippen LogP contribution < -0.4 is 0 Å². The van der Waals surface area contributed by atoms with Gasteiger partial charge in [0.05, 0.1) is 6.10 Å². The number of rotatable bonds is 0. The van der Waals surface area contributed by atoms with Gasteiger partial charge in [-0.15, -0.1) is 0 Å². The standard InChI is InChI=1S/C9H12F6O3S/c1-6(2,3)5-4-7(8(10,11)12,9(13,14)15)18-19(16)17-5/h5H,4H2,1-3H3/t5-,19-/m0/s1. The molecular formula is C9H12F6O3S. The van der Waals surface area contributed by atoms with Gasteiger partial charge in [0.25, 0.3) is 5.60 Å². The predicted octanol–water partition coefficient (Wildman–Crippen LogP) is 3.28. The second-order valence-corrected chi connectivity index (χ2v) is 6.03. The molecule has 0 aromatic carbocycles. The molecule has 19 heavy (non-hydrogen) atoms. The molecule has 0 radical (unpaired) electrons. The summed E-state index contributed by atoms with van der Waals surface area (Å²) in [6.07, 6.45) is -14.5. The monoisotopic (exact) mass is 314 g/mol. The molecule has 0 spiro atoms. The summed E-state index contributed by atoms with van der Waals surface area (Å²) in [6, 6.07) is 0. The fourth-order valence-corrected chi connectivity index (χ4v) is 2.57. The summed E-state index contributed by atoms with van der Waals surface area (Å²) in [6.45, 7) is 4.16. The molecule has 0 amide bonds. The van der Waals surface area contributed by atoms with E-state index in [4.69, 9.17) is 0 Å². The number of hydrogen-bond acceptors (Lipinski definition) is 3. The van der Waals surface area contributed by atoms with E-state index in [0.29, 0.717) is 0 Å². The zero-order valence-corrected chi connectivity index (χ0v) is 11.0. The molecule has 0 N–H and O–H groups in total.